The van der Waals surface area contributed by atoms with E-state index >= 15 is 0 Å². The smallest absolute Gasteiger partial charge is 0.287 e. The molecule has 1 aliphatic rings. The number of non-ortho nitro benzene ring substituents is 1. The predicted molar refractivity (Wildman–Crippen MR) is 96.3 cm³/mol. The summed E-state index contributed by atoms with van der Waals surface area (Å²) in [4.78, 5) is 31.6. The van der Waals surface area contributed by atoms with E-state index in [4.69, 9.17) is 0 Å². The molecule has 9 heteroatoms. The molecule has 0 N–H and O–H groups in total. The molecule has 1 saturated heterocycles. The third-order valence-electron chi connectivity index (χ3n) is 4.28. The van der Waals surface area contributed by atoms with Crippen LogP contribution in [0.3, 0.4) is 0 Å². The molecule has 0 aliphatic carbocycles. The molecule has 1 fully saturated rings. The van der Waals surface area contributed by atoms with Crippen LogP contribution in [0.4, 0.5) is 15.2 Å². The lowest BCUT2D eigenvalue weighted by molar-refractivity contribution is -0.382. The molecule has 134 valence electrons. The van der Waals surface area contributed by atoms with Crippen molar-refractivity contribution < 1.29 is 9.31 Å². The first-order valence-corrected chi connectivity index (χ1v) is 9.00. The van der Waals surface area contributed by atoms with Crippen molar-refractivity contribution in [3.8, 4) is 0 Å². The number of rotatable bonds is 5. The van der Waals surface area contributed by atoms with Crippen molar-refractivity contribution in [2.24, 2.45) is 0 Å². The Hall–Kier alpha value is -2.13. The van der Waals surface area contributed by atoms with E-state index in [2.05, 4.69) is 16.8 Å². The molecule has 0 unspecified atom stereocenters. The van der Waals surface area contributed by atoms with Crippen LogP contribution in [-0.4, -0.2) is 47.5 Å². The monoisotopic (exact) mass is 366 g/mol. The van der Waals surface area contributed by atoms with Crippen LogP contribution >= 0.6 is 11.3 Å². The number of hydrogen-bond acceptors (Lipinski definition) is 7. The Kier molecular flexibility index (Phi) is 5.24. The van der Waals surface area contributed by atoms with Gasteiger partial charge in [0.25, 0.3) is 11.2 Å². The number of nitro benzene ring substituents is 1. The highest BCUT2D eigenvalue weighted by Gasteiger charge is 2.23. The number of benzene rings is 1. The number of nitrogens with zero attached hydrogens (tertiary/aromatic N) is 4. The summed E-state index contributed by atoms with van der Waals surface area (Å²) < 4.78 is 13.2. The Balaban J connectivity index is 2.00. The number of nitro groups is 1. The van der Waals surface area contributed by atoms with Gasteiger partial charge in [-0.05, 0) is 24.6 Å². The largest absolute Gasteiger partial charge is 0.345 e. The third-order valence-corrected chi connectivity index (χ3v) is 5.45. The van der Waals surface area contributed by atoms with Gasteiger partial charge in [-0.25, -0.2) is 4.39 Å². The number of anilines is 1. The summed E-state index contributed by atoms with van der Waals surface area (Å²) in [5.41, 5.74) is -0.662. The summed E-state index contributed by atoms with van der Waals surface area (Å²) in [6.45, 7) is 5.51. The second-order valence-electron chi connectivity index (χ2n) is 6.01. The molecule has 0 radical (unpaired) electrons. The highest BCUT2D eigenvalue weighted by Crippen LogP contribution is 2.33. The Morgan fingerprint density at radius 3 is 2.64 bits per heavy atom. The first kappa shape index (κ1) is 17.7. The summed E-state index contributed by atoms with van der Waals surface area (Å²) in [6.07, 6.45) is 1.09. The zero-order chi connectivity index (χ0) is 18.0. The first-order valence-electron chi connectivity index (χ1n) is 8.19. The molecule has 0 atom stereocenters. The minimum atomic E-state index is -0.859. The molecule has 1 aromatic carbocycles. The molecule has 1 aliphatic heterocycles. The Bertz CT molecular complexity index is 849. The number of alkyl halides is 1. The maximum Gasteiger partial charge on any atom is 0.287 e. The number of piperazine rings is 1. The van der Waals surface area contributed by atoms with Gasteiger partial charge >= 0.3 is 0 Å². The van der Waals surface area contributed by atoms with E-state index in [-0.39, 0.29) is 21.3 Å². The average molecular weight is 366 g/mol. The van der Waals surface area contributed by atoms with Crippen molar-refractivity contribution >= 4 is 32.2 Å². The van der Waals surface area contributed by atoms with Crippen LogP contribution in [0.5, 0.6) is 0 Å². The third kappa shape index (κ3) is 3.62. The molecule has 0 spiro atoms. The van der Waals surface area contributed by atoms with Gasteiger partial charge in [0.15, 0.2) is 5.13 Å². The Morgan fingerprint density at radius 1 is 1.32 bits per heavy atom. The molecular weight excluding hydrogens is 347 g/mol. The zero-order valence-corrected chi connectivity index (χ0v) is 14.7. The van der Waals surface area contributed by atoms with Crippen molar-refractivity contribution in [1.82, 2.24) is 9.88 Å². The zero-order valence-electron chi connectivity index (χ0n) is 13.9. The van der Waals surface area contributed by atoms with Crippen molar-refractivity contribution in [2.45, 2.75) is 20.0 Å². The number of fused-ring (bicyclic) bond motifs is 1. The molecule has 1 aromatic heterocycles. The van der Waals surface area contributed by atoms with Gasteiger partial charge in [0, 0.05) is 32.2 Å². The molecule has 3 rings (SSSR count). The van der Waals surface area contributed by atoms with Gasteiger partial charge in [-0.1, -0.05) is 18.3 Å². The maximum atomic E-state index is 12.9. The highest BCUT2D eigenvalue weighted by atomic mass is 32.1. The summed E-state index contributed by atoms with van der Waals surface area (Å²) in [7, 11) is 0. The fourth-order valence-electron chi connectivity index (χ4n) is 3.03. The second kappa shape index (κ2) is 7.40. The summed E-state index contributed by atoms with van der Waals surface area (Å²) >= 11 is 1.13. The van der Waals surface area contributed by atoms with Gasteiger partial charge in [0.05, 0.1) is 10.3 Å². The molecule has 2 aromatic rings. The first-order chi connectivity index (χ1) is 12.0. The minimum absolute atomic E-state index is 0.111. The molecular formula is C16H19FN4O3S. The van der Waals surface area contributed by atoms with Crippen LogP contribution in [0.2, 0.25) is 0 Å². The minimum Gasteiger partial charge on any atom is -0.345 e. The Labute approximate surface area is 147 Å². The lowest BCUT2D eigenvalue weighted by atomic mass is 10.1. The highest BCUT2D eigenvalue weighted by molar-refractivity contribution is 7.22. The van der Waals surface area contributed by atoms with E-state index in [9.17, 15) is 19.3 Å². The Morgan fingerprint density at radius 2 is 2.04 bits per heavy atom. The summed E-state index contributed by atoms with van der Waals surface area (Å²) in [5, 5.41) is 11.9. The van der Waals surface area contributed by atoms with E-state index in [1.165, 1.54) is 12.1 Å². The van der Waals surface area contributed by atoms with Gasteiger partial charge in [-0.2, -0.15) is 4.98 Å². The van der Waals surface area contributed by atoms with Gasteiger partial charge in [0.1, 0.15) is 11.4 Å². The van der Waals surface area contributed by atoms with Crippen LogP contribution in [-0.2, 0) is 6.67 Å². The standard InChI is InChI=1S/C16H19FN4O3S/c1-2-3-19-4-6-20(7-5-19)16-18-15(22)12-8-11(10-17)9-13(21(23)24)14(12)25-16/h8-9H,2-7,10H2,1H3. The fraction of sp³-hybridized carbons (Fsp3) is 0.500. The second-order valence-corrected chi connectivity index (χ2v) is 6.99. The predicted octanol–water partition coefficient (Wildman–Crippen LogP) is 2.57. The van der Waals surface area contributed by atoms with Gasteiger partial charge in [-0.3, -0.25) is 19.8 Å². The fourth-order valence-corrected chi connectivity index (χ4v) is 4.14. The van der Waals surface area contributed by atoms with Gasteiger partial charge in [-0.15, -0.1) is 0 Å². The van der Waals surface area contributed by atoms with Crippen LogP contribution in [0.15, 0.2) is 16.9 Å². The average Bonchev–Trinajstić information content (AvgIpc) is 2.61. The van der Waals surface area contributed by atoms with Gasteiger partial charge in [0.2, 0.25) is 0 Å². The molecule has 0 bridgehead atoms. The molecule has 7 nitrogen and oxygen atoms in total. The molecule has 0 saturated carbocycles. The summed E-state index contributed by atoms with van der Waals surface area (Å²) in [6, 6.07) is 2.55. The SMILES string of the molecule is CCCN1CCN(c2nc(=O)c3cc(CF)cc([N+](=O)[O-])c3s2)CC1. The van der Waals surface area contributed by atoms with Crippen LogP contribution in [0.25, 0.3) is 10.1 Å². The van der Waals surface area contributed by atoms with E-state index in [0.717, 1.165) is 50.5 Å². The maximum absolute atomic E-state index is 12.9. The van der Waals surface area contributed by atoms with Crippen LogP contribution in [0.1, 0.15) is 18.9 Å². The summed E-state index contributed by atoms with van der Waals surface area (Å²) in [5.74, 6) is 0. The topological polar surface area (TPSA) is 79.6 Å². The normalized spacial score (nSPS) is 15.7. The lowest BCUT2D eigenvalue weighted by Crippen LogP contribution is -2.46. The quantitative estimate of drug-likeness (QED) is 0.598. The number of hydrogen-bond donors (Lipinski definition) is 0. The lowest BCUT2D eigenvalue weighted by Gasteiger charge is -2.34. The molecule has 25 heavy (non-hydrogen) atoms. The van der Waals surface area contributed by atoms with Crippen molar-refractivity contribution in [2.75, 3.05) is 37.6 Å². The van der Waals surface area contributed by atoms with Crippen LogP contribution in [0, 0.1) is 10.1 Å². The van der Waals surface area contributed by atoms with Crippen molar-refractivity contribution in [3.63, 3.8) is 0 Å². The van der Waals surface area contributed by atoms with E-state index in [0.29, 0.717) is 5.13 Å². The molecule has 2 heterocycles. The number of aromatic nitrogens is 1. The van der Waals surface area contributed by atoms with Crippen molar-refractivity contribution in [3.05, 3.63) is 38.2 Å². The van der Waals surface area contributed by atoms with E-state index < -0.39 is 17.2 Å². The van der Waals surface area contributed by atoms with E-state index in [1.807, 2.05) is 4.90 Å². The molecule has 0 amide bonds. The van der Waals surface area contributed by atoms with Crippen LogP contribution < -0.4 is 10.5 Å². The number of halogens is 1. The van der Waals surface area contributed by atoms with Crippen molar-refractivity contribution in [1.29, 1.82) is 0 Å². The van der Waals surface area contributed by atoms with E-state index in [1.54, 1.807) is 0 Å². The van der Waals surface area contributed by atoms with Gasteiger partial charge < -0.3 is 4.90 Å².